The van der Waals surface area contributed by atoms with Gasteiger partial charge in [-0.3, -0.25) is 0 Å². The normalized spacial score (nSPS) is 12.8. The molecular weight excluding hydrogens is 196 g/mol. The Hall–Kier alpha value is -0.530. The van der Waals surface area contributed by atoms with E-state index in [2.05, 4.69) is 31.2 Å². The van der Waals surface area contributed by atoms with E-state index in [4.69, 9.17) is 16.3 Å². The minimum atomic E-state index is 0.317. The zero-order valence-corrected chi connectivity index (χ0v) is 9.55. The fourth-order valence-electron chi connectivity index (χ4n) is 1.33. The Labute approximate surface area is 91.0 Å². The van der Waals surface area contributed by atoms with E-state index in [0.717, 1.165) is 6.61 Å². The van der Waals surface area contributed by atoms with E-state index in [9.17, 15) is 0 Å². The van der Waals surface area contributed by atoms with Gasteiger partial charge in [-0.2, -0.15) is 0 Å². The van der Waals surface area contributed by atoms with Crippen molar-refractivity contribution in [2.75, 3.05) is 19.1 Å². The summed E-state index contributed by atoms with van der Waals surface area (Å²) in [6, 6.07) is 8.48. The van der Waals surface area contributed by atoms with Gasteiger partial charge >= 0.3 is 0 Å². The van der Waals surface area contributed by atoms with Crippen LogP contribution in [0.25, 0.3) is 0 Å². The third-order valence-electron chi connectivity index (χ3n) is 2.26. The highest BCUT2D eigenvalue weighted by atomic mass is 35.5. The van der Waals surface area contributed by atoms with Crippen molar-refractivity contribution in [1.82, 2.24) is 0 Å². The smallest absolute Gasteiger partial charge is 0.0546 e. The minimum Gasteiger partial charge on any atom is -0.381 e. The molecule has 14 heavy (non-hydrogen) atoms. The molecule has 0 aromatic heterocycles. The maximum absolute atomic E-state index is 5.90. The summed E-state index contributed by atoms with van der Waals surface area (Å²) in [6.45, 7) is 5.55. The first kappa shape index (κ1) is 11.5. The molecule has 0 aliphatic heterocycles. The number of aryl methyl sites for hydroxylation is 1. The minimum absolute atomic E-state index is 0.317. The zero-order chi connectivity index (χ0) is 10.4. The van der Waals surface area contributed by atoms with Gasteiger partial charge in [-0.25, -0.2) is 0 Å². The Morgan fingerprint density at radius 2 is 1.93 bits per heavy atom. The average molecular weight is 213 g/mol. The topological polar surface area (TPSA) is 9.23 Å². The third kappa shape index (κ3) is 3.32. The van der Waals surface area contributed by atoms with Crippen LogP contribution in [-0.4, -0.2) is 19.1 Å². The quantitative estimate of drug-likeness (QED) is 0.681. The summed E-state index contributed by atoms with van der Waals surface area (Å²) >= 11 is 5.90. The number of alkyl halides is 1. The lowest BCUT2D eigenvalue weighted by molar-refractivity contribution is 0.137. The average Bonchev–Trinajstić information content (AvgIpc) is 2.21. The molecule has 1 aromatic rings. The van der Waals surface area contributed by atoms with Crippen LogP contribution in [0.1, 0.15) is 24.0 Å². The molecule has 0 amide bonds. The van der Waals surface area contributed by atoms with Gasteiger partial charge in [-0.15, -0.1) is 11.6 Å². The Morgan fingerprint density at radius 3 is 2.43 bits per heavy atom. The van der Waals surface area contributed by atoms with Gasteiger partial charge in [0.25, 0.3) is 0 Å². The predicted molar refractivity (Wildman–Crippen MR) is 61.1 cm³/mol. The number of ether oxygens (including phenoxy) is 1. The molecule has 0 N–H and O–H groups in total. The van der Waals surface area contributed by atoms with Gasteiger partial charge in [0.05, 0.1) is 6.61 Å². The molecule has 1 nitrogen and oxygen atoms in total. The van der Waals surface area contributed by atoms with Crippen molar-refractivity contribution >= 4 is 11.6 Å². The maximum Gasteiger partial charge on any atom is 0.0546 e. The van der Waals surface area contributed by atoms with E-state index >= 15 is 0 Å². The van der Waals surface area contributed by atoms with Crippen molar-refractivity contribution in [1.29, 1.82) is 0 Å². The molecule has 0 aliphatic carbocycles. The molecule has 0 saturated carbocycles. The number of hydrogen-bond acceptors (Lipinski definition) is 1. The summed E-state index contributed by atoms with van der Waals surface area (Å²) in [5, 5.41) is 0. The Morgan fingerprint density at radius 1 is 1.29 bits per heavy atom. The standard InChI is InChI=1S/C12H17ClO/c1-3-14-9-12(8-13)11-6-4-10(2)5-7-11/h4-7,12H,3,8-9H2,1-2H3. The molecule has 1 atom stereocenters. The zero-order valence-electron chi connectivity index (χ0n) is 8.79. The second-order valence-electron chi connectivity index (χ2n) is 3.42. The van der Waals surface area contributed by atoms with Gasteiger partial charge in [0.1, 0.15) is 0 Å². The maximum atomic E-state index is 5.90. The molecule has 0 bridgehead atoms. The Balaban J connectivity index is 2.64. The highest BCUT2D eigenvalue weighted by molar-refractivity contribution is 6.18. The fraction of sp³-hybridized carbons (Fsp3) is 0.500. The molecule has 1 aromatic carbocycles. The van der Waals surface area contributed by atoms with Gasteiger partial charge in [-0.1, -0.05) is 29.8 Å². The first-order chi connectivity index (χ1) is 6.77. The Kier molecular flexibility index (Phi) is 4.99. The van der Waals surface area contributed by atoms with Crippen LogP contribution in [0.2, 0.25) is 0 Å². The van der Waals surface area contributed by atoms with Gasteiger partial charge in [-0.05, 0) is 19.4 Å². The highest BCUT2D eigenvalue weighted by Gasteiger charge is 2.09. The highest BCUT2D eigenvalue weighted by Crippen LogP contribution is 2.18. The van der Waals surface area contributed by atoms with Crippen LogP contribution in [-0.2, 0) is 4.74 Å². The SMILES string of the molecule is CCOCC(CCl)c1ccc(C)cc1. The Bertz CT molecular complexity index is 256. The van der Waals surface area contributed by atoms with Crippen molar-refractivity contribution in [2.45, 2.75) is 19.8 Å². The summed E-state index contributed by atoms with van der Waals surface area (Å²) in [4.78, 5) is 0. The van der Waals surface area contributed by atoms with Crippen molar-refractivity contribution in [2.24, 2.45) is 0 Å². The van der Waals surface area contributed by atoms with E-state index < -0.39 is 0 Å². The van der Waals surface area contributed by atoms with E-state index in [-0.39, 0.29) is 0 Å². The summed E-state index contributed by atoms with van der Waals surface area (Å²) < 4.78 is 5.39. The number of hydrogen-bond donors (Lipinski definition) is 0. The largest absolute Gasteiger partial charge is 0.381 e. The molecule has 0 heterocycles. The lowest BCUT2D eigenvalue weighted by atomic mass is 10.0. The van der Waals surface area contributed by atoms with Crippen LogP contribution >= 0.6 is 11.6 Å². The van der Waals surface area contributed by atoms with Crippen molar-refractivity contribution < 1.29 is 4.74 Å². The lowest BCUT2D eigenvalue weighted by Crippen LogP contribution is -2.09. The molecule has 0 fully saturated rings. The second kappa shape index (κ2) is 6.05. The van der Waals surface area contributed by atoms with Gasteiger partial charge in [0.15, 0.2) is 0 Å². The summed E-state index contributed by atoms with van der Waals surface area (Å²) in [7, 11) is 0. The fourth-order valence-corrected chi connectivity index (χ4v) is 1.60. The van der Waals surface area contributed by atoms with E-state index in [1.807, 2.05) is 6.92 Å². The molecule has 0 saturated heterocycles. The molecule has 0 spiro atoms. The van der Waals surface area contributed by atoms with E-state index in [1.165, 1.54) is 11.1 Å². The van der Waals surface area contributed by atoms with E-state index in [0.29, 0.717) is 18.4 Å². The van der Waals surface area contributed by atoms with Crippen LogP contribution < -0.4 is 0 Å². The van der Waals surface area contributed by atoms with Crippen LogP contribution in [0.15, 0.2) is 24.3 Å². The van der Waals surface area contributed by atoms with Crippen molar-refractivity contribution in [3.05, 3.63) is 35.4 Å². The molecular formula is C12H17ClO. The number of benzene rings is 1. The molecule has 2 heteroatoms. The molecule has 78 valence electrons. The van der Waals surface area contributed by atoms with Gasteiger partial charge < -0.3 is 4.74 Å². The van der Waals surface area contributed by atoms with Crippen LogP contribution in [0.4, 0.5) is 0 Å². The summed E-state index contributed by atoms with van der Waals surface area (Å²) in [5.41, 5.74) is 2.54. The predicted octanol–water partition coefficient (Wildman–Crippen LogP) is 3.35. The first-order valence-corrected chi connectivity index (χ1v) is 5.51. The summed E-state index contributed by atoms with van der Waals surface area (Å²) in [6.07, 6.45) is 0. The third-order valence-corrected chi connectivity index (χ3v) is 2.63. The van der Waals surface area contributed by atoms with Gasteiger partial charge in [0.2, 0.25) is 0 Å². The first-order valence-electron chi connectivity index (χ1n) is 4.98. The molecule has 0 aliphatic rings. The van der Waals surface area contributed by atoms with E-state index in [1.54, 1.807) is 0 Å². The van der Waals surface area contributed by atoms with Crippen molar-refractivity contribution in [3.63, 3.8) is 0 Å². The van der Waals surface area contributed by atoms with Gasteiger partial charge in [0, 0.05) is 18.4 Å². The molecule has 1 unspecified atom stereocenters. The second-order valence-corrected chi connectivity index (χ2v) is 3.73. The van der Waals surface area contributed by atoms with Crippen LogP contribution in [0, 0.1) is 6.92 Å². The summed E-state index contributed by atoms with van der Waals surface area (Å²) in [5.74, 6) is 0.931. The number of rotatable bonds is 5. The monoisotopic (exact) mass is 212 g/mol. The lowest BCUT2D eigenvalue weighted by Gasteiger charge is -2.14. The van der Waals surface area contributed by atoms with Crippen LogP contribution in [0.3, 0.4) is 0 Å². The molecule has 0 radical (unpaired) electrons. The number of halogens is 1. The molecule has 1 rings (SSSR count). The van der Waals surface area contributed by atoms with Crippen LogP contribution in [0.5, 0.6) is 0 Å². The van der Waals surface area contributed by atoms with Crippen molar-refractivity contribution in [3.8, 4) is 0 Å².